The SMILES string of the molecule is C/C(=N\N=C(N)N)c1ccc(NC(=O)C(Cc2ccccc2)NC(=O)c2cccc(/C(C)=N/N=C(N)N)c2)cc1. The molecular formula is C28H32N10O2. The Morgan fingerprint density at radius 3 is 1.88 bits per heavy atom. The standard InChI is InChI=1S/C28H32N10O2/c1-17(35-37-27(29)30)20-11-13-23(14-12-20)33-26(40)24(15-19-7-4-3-5-8-19)34-25(39)22-10-6-9-21(16-22)18(2)36-38-28(31)32/h3-14,16,24H,15H2,1-2H3,(H,33,40)(H,34,39)(H4,29,30,37)(H4,31,32,38)/b35-17+,36-18+. The number of nitrogens with one attached hydrogen (secondary N) is 2. The molecule has 10 N–H and O–H groups in total. The summed E-state index contributed by atoms with van der Waals surface area (Å²) >= 11 is 0. The van der Waals surface area contributed by atoms with E-state index in [2.05, 4.69) is 31.0 Å². The van der Waals surface area contributed by atoms with Gasteiger partial charge >= 0.3 is 0 Å². The monoisotopic (exact) mass is 540 g/mol. The third kappa shape index (κ3) is 8.80. The molecule has 0 aliphatic carbocycles. The van der Waals surface area contributed by atoms with Crippen molar-refractivity contribution in [2.75, 3.05) is 5.32 Å². The molecule has 0 fully saturated rings. The van der Waals surface area contributed by atoms with Gasteiger partial charge in [-0.1, -0.05) is 54.6 Å². The van der Waals surface area contributed by atoms with Crippen molar-refractivity contribution in [3.05, 3.63) is 101 Å². The van der Waals surface area contributed by atoms with E-state index in [1.807, 2.05) is 30.3 Å². The Labute approximate surface area is 231 Å². The van der Waals surface area contributed by atoms with Gasteiger partial charge in [0.25, 0.3) is 5.91 Å². The van der Waals surface area contributed by atoms with Gasteiger partial charge in [-0.15, -0.1) is 10.2 Å². The number of carbonyl (C=O) groups is 2. The van der Waals surface area contributed by atoms with E-state index in [9.17, 15) is 9.59 Å². The molecule has 12 heteroatoms. The fraction of sp³-hybridized carbons (Fsp3) is 0.143. The molecule has 0 radical (unpaired) electrons. The maximum Gasteiger partial charge on any atom is 0.251 e. The number of carbonyl (C=O) groups excluding carboxylic acids is 2. The summed E-state index contributed by atoms with van der Waals surface area (Å²) in [6.45, 7) is 3.48. The normalized spacial score (nSPS) is 12.2. The summed E-state index contributed by atoms with van der Waals surface area (Å²) in [6.07, 6.45) is 0.283. The van der Waals surface area contributed by atoms with Crippen molar-refractivity contribution in [3.63, 3.8) is 0 Å². The van der Waals surface area contributed by atoms with E-state index in [1.165, 1.54) is 0 Å². The molecular weight excluding hydrogens is 508 g/mol. The van der Waals surface area contributed by atoms with Crippen molar-refractivity contribution in [1.82, 2.24) is 5.32 Å². The first-order chi connectivity index (χ1) is 19.1. The fourth-order valence-electron chi connectivity index (χ4n) is 3.59. The van der Waals surface area contributed by atoms with Crippen molar-refractivity contribution < 1.29 is 9.59 Å². The molecule has 3 rings (SSSR count). The molecule has 1 unspecified atom stereocenters. The summed E-state index contributed by atoms with van der Waals surface area (Å²) in [5, 5.41) is 20.9. The van der Waals surface area contributed by atoms with E-state index in [4.69, 9.17) is 22.9 Å². The van der Waals surface area contributed by atoms with E-state index in [-0.39, 0.29) is 24.2 Å². The highest BCUT2D eigenvalue weighted by Gasteiger charge is 2.22. The van der Waals surface area contributed by atoms with Crippen molar-refractivity contribution >= 4 is 40.8 Å². The zero-order valence-electron chi connectivity index (χ0n) is 22.2. The van der Waals surface area contributed by atoms with Gasteiger partial charge in [0.15, 0.2) is 0 Å². The average molecular weight is 541 g/mol. The molecule has 0 aliphatic rings. The molecule has 1 atom stereocenters. The predicted molar refractivity (Wildman–Crippen MR) is 159 cm³/mol. The first-order valence-corrected chi connectivity index (χ1v) is 12.2. The van der Waals surface area contributed by atoms with Crippen LogP contribution in [0.15, 0.2) is 99.3 Å². The summed E-state index contributed by atoms with van der Waals surface area (Å²) < 4.78 is 0. The minimum absolute atomic E-state index is 0.143. The predicted octanol–water partition coefficient (Wildman–Crippen LogP) is 1.66. The quantitative estimate of drug-likeness (QED) is 0.128. The van der Waals surface area contributed by atoms with Crippen molar-refractivity contribution in [2.24, 2.45) is 43.3 Å². The van der Waals surface area contributed by atoms with E-state index in [0.717, 1.165) is 11.1 Å². The summed E-state index contributed by atoms with van der Waals surface area (Å²) in [7, 11) is 0. The third-order valence-corrected chi connectivity index (χ3v) is 5.65. The Bertz CT molecular complexity index is 1450. The highest BCUT2D eigenvalue weighted by molar-refractivity contribution is 6.04. The molecule has 0 saturated heterocycles. The Morgan fingerprint density at radius 2 is 1.27 bits per heavy atom. The third-order valence-electron chi connectivity index (χ3n) is 5.65. The molecule has 3 aromatic rings. The van der Waals surface area contributed by atoms with Crippen LogP contribution in [0.2, 0.25) is 0 Å². The molecule has 0 bridgehead atoms. The highest BCUT2D eigenvalue weighted by Crippen LogP contribution is 2.14. The number of rotatable bonds is 10. The van der Waals surface area contributed by atoms with Gasteiger partial charge in [-0.05, 0) is 54.8 Å². The second-order valence-corrected chi connectivity index (χ2v) is 8.78. The lowest BCUT2D eigenvalue weighted by atomic mass is 10.0. The van der Waals surface area contributed by atoms with Gasteiger partial charge in [0.05, 0.1) is 11.4 Å². The summed E-state index contributed by atoms with van der Waals surface area (Å²) in [4.78, 5) is 26.6. The summed E-state index contributed by atoms with van der Waals surface area (Å²) in [6, 6.07) is 22.4. The zero-order valence-corrected chi connectivity index (χ0v) is 22.2. The number of guanidine groups is 2. The number of nitrogens with zero attached hydrogens (tertiary/aromatic N) is 4. The van der Waals surface area contributed by atoms with Crippen molar-refractivity contribution in [3.8, 4) is 0 Å². The number of nitrogens with two attached hydrogens (primary N) is 4. The first-order valence-electron chi connectivity index (χ1n) is 12.2. The molecule has 0 spiro atoms. The van der Waals surface area contributed by atoms with Crippen LogP contribution in [0.5, 0.6) is 0 Å². The van der Waals surface area contributed by atoms with Crippen molar-refractivity contribution in [2.45, 2.75) is 26.3 Å². The highest BCUT2D eigenvalue weighted by atomic mass is 16.2. The van der Waals surface area contributed by atoms with Gasteiger partial charge in [0, 0.05) is 17.7 Å². The number of amides is 2. The molecule has 40 heavy (non-hydrogen) atoms. The fourth-order valence-corrected chi connectivity index (χ4v) is 3.59. The Hall–Kier alpha value is -5.52. The minimum Gasteiger partial charge on any atom is -0.369 e. The molecule has 12 nitrogen and oxygen atoms in total. The van der Waals surface area contributed by atoms with Crippen LogP contribution in [-0.4, -0.2) is 41.2 Å². The molecule has 206 valence electrons. The lowest BCUT2D eigenvalue weighted by Crippen LogP contribution is -2.45. The molecule has 3 aromatic carbocycles. The largest absolute Gasteiger partial charge is 0.369 e. The number of hydrogen-bond donors (Lipinski definition) is 6. The van der Waals surface area contributed by atoms with Crippen LogP contribution >= 0.6 is 0 Å². The zero-order chi connectivity index (χ0) is 29.1. The molecule has 0 saturated carbocycles. The van der Waals surface area contributed by atoms with Gasteiger partial charge in [-0.2, -0.15) is 10.2 Å². The molecule has 0 heterocycles. The van der Waals surface area contributed by atoms with Crippen LogP contribution in [0.4, 0.5) is 5.69 Å². The van der Waals surface area contributed by atoms with E-state index in [0.29, 0.717) is 28.2 Å². The van der Waals surface area contributed by atoms with Gasteiger partial charge in [-0.25, -0.2) is 0 Å². The molecule has 2 amide bonds. The number of benzene rings is 3. The number of anilines is 1. The van der Waals surface area contributed by atoms with Crippen LogP contribution in [0.25, 0.3) is 0 Å². The van der Waals surface area contributed by atoms with Crippen LogP contribution in [0, 0.1) is 0 Å². The summed E-state index contributed by atoms with van der Waals surface area (Å²) in [5.74, 6) is -1.12. The lowest BCUT2D eigenvalue weighted by Gasteiger charge is -2.19. The number of hydrogen-bond acceptors (Lipinski definition) is 6. The minimum atomic E-state index is -0.861. The molecule has 0 aromatic heterocycles. The summed E-state index contributed by atoms with van der Waals surface area (Å²) in [5.41, 5.74) is 25.7. The van der Waals surface area contributed by atoms with E-state index >= 15 is 0 Å². The van der Waals surface area contributed by atoms with E-state index < -0.39 is 11.9 Å². The average Bonchev–Trinajstić information content (AvgIpc) is 2.95. The maximum atomic E-state index is 13.4. The second-order valence-electron chi connectivity index (χ2n) is 8.78. The second kappa shape index (κ2) is 13.9. The van der Waals surface area contributed by atoms with Crippen LogP contribution in [0.3, 0.4) is 0 Å². The van der Waals surface area contributed by atoms with Gasteiger partial charge in [0.1, 0.15) is 6.04 Å². The Kier molecular flexibility index (Phi) is 10.1. The smallest absolute Gasteiger partial charge is 0.251 e. The van der Waals surface area contributed by atoms with Crippen LogP contribution in [0.1, 0.15) is 40.9 Å². The topological polar surface area (TPSA) is 212 Å². The Balaban J connectivity index is 1.80. The van der Waals surface area contributed by atoms with Crippen LogP contribution < -0.4 is 33.6 Å². The van der Waals surface area contributed by atoms with E-state index in [1.54, 1.807) is 62.4 Å². The van der Waals surface area contributed by atoms with Gasteiger partial charge < -0.3 is 33.6 Å². The van der Waals surface area contributed by atoms with Crippen molar-refractivity contribution in [1.29, 1.82) is 0 Å². The Morgan fingerprint density at radius 1 is 0.700 bits per heavy atom. The van der Waals surface area contributed by atoms with Gasteiger partial charge in [0.2, 0.25) is 17.8 Å². The first kappa shape index (κ1) is 29.0. The van der Waals surface area contributed by atoms with Crippen LogP contribution in [-0.2, 0) is 11.2 Å². The van der Waals surface area contributed by atoms with Gasteiger partial charge in [-0.3, -0.25) is 9.59 Å². The maximum absolute atomic E-state index is 13.4. The molecule has 0 aliphatic heterocycles. The lowest BCUT2D eigenvalue weighted by molar-refractivity contribution is -0.118.